The molecule has 0 bridgehead atoms. The smallest absolute Gasteiger partial charge is 0.255 e. The number of hydrogen-bond acceptors (Lipinski definition) is 2. The Kier molecular flexibility index (Phi) is 4.83. The summed E-state index contributed by atoms with van der Waals surface area (Å²) in [6.45, 7) is 2.00. The Hall–Kier alpha value is -1.33. The Morgan fingerprint density at radius 2 is 1.85 bits per heavy atom. The van der Waals surface area contributed by atoms with Gasteiger partial charge in [-0.2, -0.15) is 0 Å². The summed E-state index contributed by atoms with van der Waals surface area (Å²) in [5.41, 5.74) is 2.43. The molecule has 1 amide bonds. The number of anilines is 1. The lowest BCUT2D eigenvalue weighted by Crippen LogP contribution is -2.12. The summed E-state index contributed by atoms with van der Waals surface area (Å²) in [6, 6.07) is 10.9. The number of carbonyl (C=O) groups excluding carboxylic acids is 1. The third-order valence-electron chi connectivity index (χ3n) is 2.84. The first-order valence-electron chi connectivity index (χ1n) is 5.92. The number of nitrogens with one attached hydrogen (secondary N) is 1. The molecule has 2 aromatic rings. The van der Waals surface area contributed by atoms with Gasteiger partial charge in [0.2, 0.25) is 0 Å². The Balaban J connectivity index is 2.19. The second-order valence-electron chi connectivity index (χ2n) is 4.27. The SMILES string of the molecule is COc1ccc(C(=O)Nc2ccc(C)c(Br)c2)cc1Br. The van der Waals surface area contributed by atoms with Crippen LogP contribution in [0.2, 0.25) is 0 Å². The molecular formula is C15H13Br2NO2. The van der Waals surface area contributed by atoms with Crippen LogP contribution in [0.25, 0.3) is 0 Å². The standard InChI is InChI=1S/C15H13Br2NO2/c1-9-3-5-11(8-12(9)16)18-15(19)10-4-6-14(20-2)13(17)7-10/h3-8H,1-2H3,(H,18,19). The van der Waals surface area contributed by atoms with E-state index >= 15 is 0 Å². The Labute approximate surface area is 134 Å². The molecule has 0 fully saturated rings. The fourth-order valence-corrected chi connectivity index (χ4v) is 2.60. The van der Waals surface area contributed by atoms with E-state index < -0.39 is 0 Å². The van der Waals surface area contributed by atoms with Crippen LogP contribution < -0.4 is 10.1 Å². The van der Waals surface area contributed by atoms with E-state index in [2.05, 4.69) is 37.2 Å². The van der Waals surface area contributed by atoms with Crippen molar-refractivity contribution in [1.82, 2.24) is 0 Å². The summed E-state index contributed by atoms with van der Waals surface area (Å²) >= 11 is 6.82. The fraction of sp³-hybridized carbons (Fsp3) is 0.133. The monoisotopic (exact) mass is 397 g/mol. The van der Waals surface area contributed by atoms with Crippen molar-refractivity contribution in [1.29, 1.82) is 0 Å². The Morgan fingerprint density at radius 3 is 2.45 bits per heavy atom. The van der Waals surface area contributed by atoms with Crippen LogP contribution in [0.3, 0.4) is 0 Å². The van der Waals surface area contributed by atoms with E-state index in [0.717, 1.165) is 20.2 Å². The lowest BCUT2D eigenvalue weighted by atomic mass is 10.2. The van der Waals surface area contributed by atoms with E-state index in [1.165, 1.54) is 0 Å². The Bertz CT molecular complexity index is 656. The van der Waals surface area contributed by atoms with Crippen LogP contribution in [-0.2, 0) is 0 Å². The van der Waals surface area contributed by atoms with Crippen LogP contribution in [-0.4, -0.2) is 13.0 Å². The third-order valence-corrected chi connectivity index (χ3v) is 4.32. The summed E-state index contributed by atoms with van der Waals surface area (Å²) in [5, 5.41) is 2.86. The number of amides is 1. The van der Waals surface area contributed by atoms with Gasteiger partial charge in [0.1, 0.15) is 5.75 Å². The summed E-state index contributed by atoms with van der Waals surface area (Å²) in [4.78, 5) is 12.2. The highest BCUT2D eigenvalue weighted by Crippen LogP contribution is 2.26. The van der Waals surface area contributed by atoms with Crippen LogP contribution >= 0.6 is 31.9 Å². The maximum Gasteiger partial charge on any atom is 0.255 e. The molecular weight excluding hydrogens is 386 g/mol. The van der Waals surface area contributed by atoms with Crippen LogP contribution in [0.15, 0.2) is 45.3 Å². The predicted octanol–water partition coefficient (Wildman–Crippen LogP) is 4.78. The number of halogens is 2. The molecule has 0 radical (unpaired) electrons. The highest BCUT2D eigenvalue weighted by Gasteiger charge is 2.09. The molecule has 0 spiro atoms. The molecule has 0 aromatic heterocycles. The van der Waals surface area contributed by atoms with Crippen molar-refractivity contribution in [2.24, 2.45) is 0 Å². The normalized spacial score (nSPS) is 10.2. The number of ether oxygens (including phenoxy) is 1. The van der Waals surface area contributed by atoms with Crippen LogP contribution in [0, 0.1) is 6.92 Å². The molecule has 0 aliphatic rings. The minimum Gasteiger partial charge on any atom is -0.496 e. The molecule has 104 valence electrons. The lowest BCUT2D eigenvalue weighted by molar-refractivity contribution is 0.102. The number of carbonyl (C=O) groups is 1. The number of methoxy groups -OCH3 is 1. The molecule has 3 nitrogen and oxygen atoms in total. The Morgan fingerprint density at radius 1 is 1.10 bits per heavy atom. The zero-order valence-electron chi connectivity index (χ0n) is 11.0. The lowest BCUT2D eigenvalue weighted by Gasteiger charge is -2.09. The van der Waals surface area contributed by atoms with E-state index in [1.54, 1.807) is 25.3 Å². The number of aryl methyl sites for hydroxylation is 1. The van der Waals surface area contributed by atoms with Gasteiger partial charge in [-0.1, -0.05) is 22.0 Å². The van der Waals surface area contributed by atoms with Crippen molar-refractivity contribution >= 4 is 43.5 Å². The molecule has 0 atom stereocenters. The molecule has 2 rings (SSSR count). The minimum absolute atomic E-state index is 0.163. The molecule has 0 saturated carbocycles. The second kappa shape index (κ2) is 6.41. The molecule has 5 heteroatoms. The van der Waals surface area contributed by atoms with Crippen molar-refractivity contribution in [3.05, 3.63) is 56.5 Å². The van der Waals surface area contributed by atoms with Crippen molar-refractivity contribution in [2.45, 2.75) is 6.92 Å². The van der Waals surface area contributed by atoms with Gasteiger partial charge >= 0.3 is 0 Å². The van der Waals surface area contributed by atoms with Gasteiger partial charge in [0.15, 0.2) is 0 Å². The number of benzene rings is 2. The van der Waals surface area contributed by atoms with Gasteiger partial charge in [-0.3, -0.25) is 4.79 Å². The quantitative estimate of drug-likeness (QED) is 0.807. The van der Waals surface area contributed by atoms with Crippen molar-refractivity contribution in [2.75, 3.05) is 12.4 Å². The molecule has 2 aromatic carbocycles. The third kappa shape index (κ3) is 3.41. The maximum atomic E-state index is 12.2. The molecule has 0 saturated heterocycles. The van der Waals surface area contributed by atoms with E-state index in [1.807, 2.05) is 25.1 Å². The molecule has 0 unspecified atom stereocenters. The fourth-order valence-electron chi connectivity index (χ4n) is 1.68. The molecule has 0 heterocycles. The van der Waals surface area contributed by atoms with Crippen molar-refractivity contribution in [3.63, 3.8) is 0 Å². The van der Waals surface area contributed by atoms with Gasteiger partial charge in [0.25, 0.3) is 5.91 Å². The summed E-state index contributed by atoms with van der Waals surface area (Å²) < 4.78 is 6.85. The first-order chi connectivity index (χ1) is 9.51. The van der Waals surface area contributed by atoms with Gasteiger partial charge in [-0.05, 0) is 58.7 Å². The van der Waals surface area contributed by atoms with E-state index in [-0.39, 0.29) is 5.91 Å². The highest BCUT2D eigenvalue weighted by atomic mass is 79.9. The first kappa shape index (κ1) is 15.1. The summed E-state index contributed by atoms with van der Waals surface area (Å²) in [7, 11) is 1.59. The van der Waals surface area contributed by atoms with Gasteiger partial charge in [0.05, 0.1) is 11.6 Å². The minimum atomic E-state index is -0.163. The predicted molar refractivity (Wildman–Crippen MR) is 87.5 cm³/mol. The maximum absolute atomic E-state index is 12.2. The van der Waals surface area contributed by atoms with Gasteiger partial charge in [-0.15, -0.1) is 0 Å². The summed E-state index contributed by atoms with van der Waals surface area (Å²) in [6.07, 6.45) is 0. The molecule has 20 heavy (non-hydrogen) atoms. The largest absolute Gasteiger partial charge is 0.496 e. The van der Waals surface area contributed by atoms with Crippen molar-refractivity contribution < 1.29 is 9.53 Å². The first-order valence-corrected chi connectivity index (χ1v) is 7.51. The summed E-state index contributed by atoms with van der Waals surface area (Å²) in [5.74, 6) is 0.531. The zero-order chi connectivity index (χ0) is 14.7. The van der Waals surface area contributed by atoms with E-state index in [9.17, 15) is 4.79 Å². The van der Waals surface area contributed by atoms with Gasteiger partial charge < -0.3 is 10.1 Å². The second-order valence-corrected chi connectivity index (χ2v) is 5.98. The van der Waals surface area contributed by atoms with E-state index in [4.69, 9.17) is 4.74 Å². The van der Waals surface area contributed by atoms with Gasteiger partial charge in [0, 0.05) is 15.7 Å². The highest BCUT2D eigenvalue weighted by molar-refractivity contribution is 9.10. The van der Waals surface area contributed by atoms with Crippen molar-refractivity contribution in [3.8, 4) is 5.75 Å². The van der Waals surface area contributed by atoms with Crippen LogP contribution in [0.1, 0.15) is 15.9 Å². The molecule has 1 N–H and O–H groups in total. The van der Waals surface area contributed by atoms with Gasteiger partial charge in [-0.25, -0.2) is 0 Å². The molecule has 0 aliphatic carbocycles. The average molecular weight is 399 g/mol. The number of rotatable bonds is 3. The topological polar surface area (TPSA) is 38.3 Å². The van der Waals surface area contributed by atoms with Crippen LogP contribution in [0.5, 0.6) is 5.75 Å². The molecule has 0 aliphatic heterocycles. The van der Waals surface area contributed by atoms with E-state index in [0.29, 0.717) is 11.3 Å². The number of hydrogen-bond donors (Lipinski definition) is 1. The average Bonchev–Trinajstić information content (AvgIpc) is 2.42. The van der Waals surface area contributed by atoms with Crippen LogP contribution in [0.4, 0.5) is 5.69 Å². The zero-order valence-corrected chi connectivity index (χ0v) is 14.2.